The highest BCUT2D eigenvalue weighted by Gasteiger charge is 2.35. The van der Waals surface area contributed by atoms with E-state index in [0.29, 0.717) is 31.2 Å². The number of rotatable bonds is 6. The van der Waals surface area contributed by atoms with Crippen molar-refractivity contribution < 1.29 is 14.7 Å². The van der Waals surface area contributed by atoms with Gasteiger partial charge in [-0.2, -0.15) is 0 Å². The second-order valence-corrected chi connectivity index (χ2v) is 7.69. The van der Waals surface area contributed by atoms with Gasteiger partial charge in [0, 0.05) is 48.6 Å². The van der Waals surface area contributed by atoms with Gasteiger partial charge in [0.15, 0.2) is 0 Å². The Morgan fingerprint density at radius 1 is 1.21 bits per heavy atom. The van der Waals surface area contributed by atoms with Crippen molar-refractivity contribution in [1.82, 2.24) is 10.3 Å². The third-order valence-corrected chi connectivity index (χ3v) is 5.70. The molecule has 2 fully saturated rings. The molecule has 4 rings (SSSR count). The lowest BCUT2D eigenvalue weighted by molar-refractivity contribution is -0.117. The summed E-state index contributed by atoms with van der Waals surface area (Å²) in [6, 6.07) is 12.9. The van der Waals surface area contributed by atoms with E-state index in [1.807, 2.05) is 30.3 Å². The molecular formula is C22H25N3O3. The predicted molar refractivity (Wildman–Crippen MR) is 106 cm³/mol. The van der Waals surface area contributed by atoms with E-state index in [9.17, 15) is 14.7 Å². The first-order valence-electron chi connectivity index (χ1n) is 9.89. The Morgan fingerprint density at radius 3 is 2.61 bits per heavy atom. The Hall–Kier alpha value is -2.73. The SMILES string of the molecule is O=C(N[C@@H](Cc1ccccn1)C1CC(O)C1)c1ccc(N2CCCC2=O)cc1. The fourth-order valence-corrected chi connectivity index (χ4v) is 4.00. The molecule has 0 unspecified atom stereocenters. The lowest BCUT2D eigenvalue weighted by atomic mass is 9.76. The van der Waals surface area contributed by atoms with Crippen molar-refractivity contribution in [2.45, 2.75) is 44.2 Å². The van der Waals surface area contributed by atoms with Crippen LogP contribution < -0.4 is 10.2 Å². The van der Waals surface area contributed by atoms with Crippen molar-refractivity contribution >= 4 is 17.5 Å². The minimum absolute atomic E-state index is 0.0642. The van der Waals surface area contributed by atoms with E-state index < -0.39 is 0 Å². The monoisotopic (exact) mass is 379 g/mol. The molecule has 1 aromatic heterocycles. The molecule has 146 valence electrons. The second-order valence-electron chi connectivity index (χ2n) is 7.69. The lowest BCUT2D eigenvalue weighted by Gasteiger charge is -2.38. The Bertz CT molecular complexity index is 832. The molecule has 1 atom stereocenters. The normalized spacial score (nSPS) is 22.6. The first-order chi connectivity index (χ1) is 13.6. The fraction of sp³-hybridized carbons (Fsp3) is 0.409. The van der Waals surface area contributed by atoms with Gasteiger partial charge in [0.2, 0.25) is 5.91 Å². The topological polar surface area (TPSA) is 82.5 Å². The molecule has 28 heavy (non-hydrogen) atoms. The molecule has 1 aliphatic carbocycles. The molecule has 0 bridgehead atoms. The van der Waals surface area contributed by atoms with Crippen LogP contribution in [0.3, 0.4) is 0 Å². The molecule has 6 nitrogen and oxygen atoms in total. The van der Waals surface area contributed by atoms with Crippen LogP contribution in [0.4, 0.5) is 5.69 Å². The molecule has 6 heteroatoms. The van der Waals surface area contributed by atoms with E-state index in [4.69, 9.17) is 0 Å². The van der Waals surface area contributed by atoms with E-state index in [0.717, 1.165) is 24.3 Å². The lowest BCUT2D eigenvalue weighted by Crippen LogP contribution is -2.48. The number of hydrogen-bond donors (Lipinski definition) is 2. The van der Waals surface area contributed by atoms with Gasteiger partial charge in [0.05, 0.1) is 6.10 Å². The third kappa shape index (κ3) is 4.07. The number of carbonyl (C=O) groups excluding carboxylic acids is 2. The molecule has 2 aromatic rings. The second kappa shape index (κ2) is 8.10. The molecule has 1 saturated carbocycles. The number of aliphatic hydroxyl groups excluding tert-OH is 1. The summed E-state index contributed by atoms with van der Waals surface area (Å²) < 4.78 is 0. The molecule has 1 saturated heterocycles. The molecule has 0 radical (unpaired) electrons. The largest absolute Gasteiger partial charge is 0.393 e. The zero-order chi connectivity index (χ0) is 19.5. The number of carbonyl (C=O) groups is 2. The molecular weight excluding hydrogens is 354 g/mol. The first-order valence-corrected chi connectivity index (χ1v) is 9.89. The maximum Gasteiger partial charge on any atom is 0.251 e. The molecule has 2 N–H and O–H groups in total. The van der Waals surface area contributed by atoms with Crippen LogP contribution in [0.1, 0.15) is 41.7 Å². The number of amides is 2. The first kappa shape index (κ1) is 18.6. The molecule has 1 aliphatic heterocycles. The van der Waals surface area contributed by atoms with Crippen LogP contribution in [0.2, 0.25) is 0 Å². The van der Waals surface area contributed by atoms with Gasteiger partial charge in [-0.15, -0.1) is 0 Å². The van der Waals surface area contributed by atoms with Gasteiger partial charge in [0.1, 0.15) is 0 Å². The van der Waals surface area contributed by atoms with Gasteiger partial charge in [-0.25, -0.2) is 0 Å². The van der Waals surface area contributed by atoms with Gasteiger partial charge in [0.25, 0.3) is 5.91 Å². The average Bonchev–Trinajstić information content (AvgIpc) is 3.12. The van der Waals surface area contributed by atoms with Crippen molar-refractivity contribution in [2.24, 2.45) is 5.92 Å². The number of nitrogens with one attached hydrogen (secondary N) is 1. The summed E-state index contributed by atoms with van der Waals surface area (Å²) in [5.41, 5.74) is 2.34. The molecule has 2 heterocycles. The quantitative estimate of drug-likeness (QED) is 0.807. The number of anilines is 1. The number of benzene rings is 1. The number of nitrogens with zero attached hydrogens (tertiary/aromatic N) is 2. The van der Waals surface area contributed by atoms with Crippen LogP contribution in [0.25, 0.3) is 0 Å². The van der Waals surface area contributed by atoms with E-state index in [2.05, 4.69) is 10.3 Å². The Morgan fingerprint density at radius 2 is 2.00 bits per heavy atom. The zero-order valence-electron chi connectivity index (χ0n) is 15.8. The number of aliphatic hydroxyl groups is 1. The zero-order valence-corrected chi connectivity index (χ0v) is 15.8. The smallest absolute Gasteiger partial charge is 0.251 e. The third-order valence-electron chi connectivity index (χ3n) is 5.70. The van der Waals surface area contributed by atoms with Crippen molar-refractivity contribution in [1.29, 1.82) is 0 Å². The minimum atomic E-state index is -0.273. The fourth-order valence-electron chi connectivity index (χ4n) is 4.00. The van der Waals surface area contributed by atoms with Crippen molar-refractivity contribution in [2.75, 3.05) is 11.4 Å². The van der Waals surface area contributed by atoms with Crippen molar-refractivity contribution in [3.63, 3.8) is 0 Å². The van der Waals surface area contributed by atoms with Gasteiger partial charge in [-0.1, -0.05) is 6.07 Å². The van der Waals surface area contributed by atoms with E-state index in [1.54, 1.807) is 23.2 Å². The molecule has 2 aliphatic rings. The van der Waals surface area contributed by atoms with Crippen LogP contribution in [-0.2, 0) is 11.2 Å². The highest BCUT2D eigenvalue weighted by Crippen LogP contribution is 2.32. The highest BCUT2D eigenvalue weighted by molar-refractivity contribution is 5.97. The van der Waals surface area contributed by atoms with Crippen molar-refractivity contribution in [3.05, 3.63) is 59.9 Å². The summed E-state index contributed by atoms with van der Waals surface area (Å²) in [6.07, 6.45) is 4.99. The summed E-state index contributed by atoms with van der Waals surface area (Å²) in [5, 5.41) is 12.8. The van der Waals surface area contributed by atoms with Gasteiger partial charge in [-0.05, 0) is 61.6 Å². The van der Waals surface area contributed by atoms with Gasteiger partial charge in [-0.3, -0.25) is 14.6 Å². The van der Waals surface area contributed by atoms with Crippen molar-refractivity contribution in [3.8, 4) is 0 Å². The Balaban J connectivity index is 1.44. The van der Waals surface area contributed by atoms with Gasteiger partial charge < -0.3 is 15.3 Å². The van der Waals surface area contributed by atoms with Gasteiger partial charge >= 0.3 is 0 Å². The number of aromatic nitrogens is 1. The maximum atomic E-state index is 12.8. The van der Waals surface area contributed by atoms with E-state index >= 15 is 0 Å². The maximum absolute atomic E-state index is 12.8. The summed E-state index contributed by atoms with van der Waals surface area (Å²) in [7, 11) is 0. The molecule has 1 aromatic carbocycles. The standard InChI is InChI=1S/C22H25N3O3/c26-19-12-16(13-19)20(14-17-4-1-2-10-23-17)24-22(28)15-6-8-18(9-7-15)25-11-3-5-21(25)27/h1-2,4,6-10,16,19-20,26H,3,5,11-14H2,(H,24,28)/t16?,19?,20-/m0/s1. The average molecular weight is 379 g/mol. The minimum Gasteiger partial charge on any atom is -0.393 e. The van der Waals surface area contributed by atoms with Crippen LogP contribution >= 0.6 is 0 Å². The number of hydrogen-bond acceptors (Lipinski definition) is 4. The Labute approximate surface area is 164 Å². The molecule has 0 spiro atoms. The molecule has 2 amide bonds. The number of pyridine rings is 1. The highest BCUT2D eigenvalue weighted by atomic mass is 16.3. The summed E-state index contributed by atoms with van der Waals surface area (Å²) >= 11 is 0. The summed E-state index contributed by atoms with van der Waals surface area (Å²) in [5.74, 6) is 0.250. The summed E-state index contributed by atoms with van der Waals surface area (Å²) in [6.45, 7) is 0.737. The van der Waals surface area contributed by atoms with Crippen LogP contribution in [0, 0.1) is 5.92 Å². The van der Waals surface area contributed by atoms with E-state index in [-0.39, 0.29) is 29.9 Å². The van der Waals surface area contributed by atoms with Crippen LogP contribution in [0.5, 0.6) is 0 Å². The van der Waals surface area contributed by atoms with Crippen LogP contribution in [-0.4, -0.2) is 40.6 Å². The van der Waals surface area contributed by atoms with E-state index in [1.165, 1.54) is 0 Å². The predicted octanol–water partition coefficient (Wildman–Crippen LogP) is 2.32. The Kier molecular flexibility index (Phi) is 5.39. The van der Waals surface area contributed by atoms with Crippen LogP contribution in [0.15, 0.2) is 48.7 Å². The summed E-state index contributed by atoms with van der Waals surface area (Å²) in [4.78, 5) is 30.8.